The molecule has 0 aliphatic heterocycles. The Morgan fingerprint density at radius 2 is 1.39 bits per heavy atom. The second-order valence-electron chi connectivity index (χ2n) is 6.83. The number of anilines is 3. The molecule has 4 rings (SSSR count). The van der Waals surface area contributed by atoms with Gasteiger partial charge in [0.1, 0.15) is 10.3 Å². The van der Waals surface area contributed by atoms with Crippen molar-refractivity contribution in [3.05, 3.63) is 94.5 Å². The van der Waals surface area contributed by atoms with Crippen molar-refractivity contribution >= 4 is 58.6 Å². The smallest absolute Gasteiger partial charge is 0.326 e. The van der Waals surface area contributed by atoms with E-state index in [2.05, 4.69) is 35.6 Å². The van der Waals surface area contributed by atoms with Gasteiger partial charge in [0.2, 0.25) is 18.0 Å². The van der Waals surface area contributed by atoms with E-state index in [0.717, 1.165) is 5.69 Å². The van der Waals surface area contributed by atoms with E-state index in [1.54, 1.807) is 43.3 Å². The van der Waals surface area contributed by atoms with E-state index in [0.29, 0.717) is 22.2 Å². The zero-order valence-electron chi connectivity index (χ0n) is 19.3. The highest BCUT2D eigenvalue weighted by Gasteiger charge is 2.06. The number of nitrogens with zero attached hydrogens (tertiary/aromatic N) is 5. The number of aryl methyl sites for hydroxylation is 2. The number of nitrogens with one attached hydrogen (secondary N) is 2. The van der Waals surface area contributed by atoms with Gasteiger partial charge in [-0.1, -0.05) is 59.6 Å². The lowest BCUT2D eigenvalue weighted by Gasteiger charge is -2.06. The maximum absolute atomic E-state index is 11.7. The van der Waals surface area contributed by atoms with Crippen LogP contribution in [0.2, 0.25) is 10.3 Å². The number of aromatic nitrogens is 4. The van der Waals surface area contributed by atoms with Crippen LogP contribution in [0.1, 0.15) is 11.4 Å². The molecule has 0 bridgehead atoms. The van der Waals surface area contributed by atoms with Crippen LogP contribution >= 0.6 is 23.2 Å². The molecule has 0 saturated carbocycles. The molecular formula is C24H22Cl2N8O2. The summed E-state index contributed by atoms with van der Waals surface area (Å²) in [5.41, 5.74) is 8.06. The van der Waals surface area contributed by atoms with Gasteiger partial charge in [0.25, 0.3) is 0 Å². The van der Waals surface area contributed by atoms with Gasteiger partial charge in [-0.25, -0.2) is 29.5 Å². The molecule has 0 spiro atoms. The fourth-order valence-corrected chi connectivity index (χ4v) is 2.96. The number of hydrogen-bond donors (Lipinski definition) is 3. The monoisotopic (exact) mass is 524 g/mol. The summed E-state index contributed by atoms with van der Waals surface area (Å²) in [7, 11) is 0. The summed E-state index contributed by atoms with van der Waals surface area (Å²) >= 11 is 11.3. The van der Waals surface area contributed by atoms with Crippen LogP contribution < -0.4 is 16.4 Å². The Morgan fingerprint density at radius 1 is 0.833 bits per heavy atom. The van der Waals surface area contributed by atoms with Crippen LogP contribution in [-0.4, -0.2) is 32.0 Å². The van der Waals surface area contributed by atoms with Gasteiger partial charge in [0.05, 0.1) is 5.69 Å². The Hall–Kier alpha value is -4.37. The summed E-state index contributed by atoms with van der Waals surface area (Å²) in [5.74, 6) is 0.397. The molecule has 2 aromatic heterocycles. The summed E-state index contributed by atoms with van der Waals surface area (Å²) < 4.78 is 0. The molecule has 0 aliphatic rings. The fourth-order valence-electron chi connectivity index (χ4n) is 2.48. The normalized spacial score (nSPS) is 9.33. The van der Waals surface area contributed by atoms with Crippen LogP contribution in [-0.2, 0) is 4.79 Å². The predicted molar refractivity (Wildman–Crippen MR) is 141 cm³/mol. The summed E-state index contributed by atoms with van der Waals surface area (Å²) in [6.45, 7) is 3.58. The van der Waals surface area contributed by atoms with E-state index in [4.69, 9.17) is 28.9 Å². The number of halogens is 2. The van der Waals surface area contributed by atoms with Crippen molar-refractivity contribution in [2.24, 2.45) is 4.99 Å². The molecule has 4 aromatic rings. The molecule has 0 atom stereocenters. The average molecular weight is 525 g/mol. The van der Waals surface area contributed by atoms with E-state index < -0.39 is 6.03 Å². The third-order valence-corrected chi connectivity index (χ3v) is 4.24. The Morgan fingerprint density at radius 3 is 1.92 bits per heavy atom. The lowest BCUT2D eigenvalue weighted by atomic mass is 10.3. The molecule has 0 unspecified atom stereocenters. The lowest BCUT2D eigenvalue weighted by molar-refractivity contribution is 0.262. The molecule has 2 aromatic carbocycles. The van der Waals surface area contributed by atoms with Gasteiger partial charge in [-0.2, -0.15) is 4.99 Å². The number of para-hydroxylation sites is 2. The van der Waals surface area contributed by atoms with E-state index >= 15 is 0 Å². The SMILES string of the molecule is Cc1cc(Cl)nc(N)n1.Cc1cc(Cl)nc(NC(=O)Nc2ccccc2)n1.O=C=Nc1ccccc1. The zero-order valence-corrected chi connectivity index (χ0v) is 20.8. The number of nitrogens with two attached hydrogens (primary N) is 1. The van der Waals surface area contributed by atoms with Gasteiger partial charge in [-0.3, -0.25) is 5.32 Å². The second kappa shape index (κ2) is 14.8. The zero-order chi connectivity index (χ0) is 26.3. The molecule has 0 radical (unpaired) electrons. The highest BCUT2D eigenvalue weighted by atomic mass is 35.5. The first-order valence-corrected chi connectivity index (χ1v) is 11.0. The third kappa shape index (κ3) is 11.2. The molecule has 10 nitrogen and oxygen atoms in total. The molecule has 0 aliphatic carbocycles. The molecule has 2 amide bonds. The number of carbonyl (C=O) groups is 1. The van der Waals surface area contributed by atoms with Crippen molar-refractivity contribution in [1.29, 1.82) is 0 Å². The summed E-state index contributed by atoms with van der Waals surface area (Å²) in [4.78, 5) is 40.2. The number of hydrogen-bond acceptors (Lipinski definition) is 8. The maximum atomic E-state index is 11.7. The molecule has 184 valence electrons. The summed E-state index contributed by atoms with van der Waals surface area (Å²) in [6.07, 6.45) is 1.46. The van der Waals surface area contributed by atoms with Gasteiger partial charge in [0.15, 0.2) is 0 Å². The van der Waals surface area contributed by atoms with Gasteiger partial charge >= 0.3 is 6.03 Å². The minimum Gasteiger partial charge on any atom is -0.368 e. The van der Waals surface area contributed by atoms with Gasteiger partial charge in [0, 0.05) is 17.1 Å². The van der Waals surface area contributed by atoms with Crippen molar-refractivity contribution in [3.8, 4) is 0 Å². The number of amides is 2. The van der Waals surface area contributed by atoms with Crippen LogP contribution in [0.15, 0.2) is 77.8 Å². The molecule has 0 fully saturated rings. The van der Waals surface area contributed by atoms with Crippen molar-refractivity contribution in [3.63, 3.8) is 0 Å². The van der Waals surface area contributed by atoms with E-state index in [9.17, 15) is 9.59 Å². The molecule has 12 heteroatoms. The van der Waals surface area contributed by atoms with Crippen LogP contribution in [0.3, 0.4) is 0 Å². The first-order chi connectivity index (χ1) is 17.2. The van der Waals surface area contributed by atoms with Crippen molar-refractivity contribution in [2.75, 3.05) is 16.4 Å². The Labute approximate surface area is 217 Å². The molecule has 2 heterocycles. The van der Waals surface area contributed by atoms with Crippen LogP contribution in [0.4, 0.5) is 28.1 Å². The Kier molecular flexibility index (Phi) is 11.5. The van der Waals surface area contributed by atoms with Gasteiger partial charge in [-0.05, 0) is 50.2 Å². The Balaban J connectivity index is 0.000000212. The van der Waals surface area contributed by atoms with E-state index in [-0.39, 0.29) is 17.0 Å². The van der Waals surface area contributed by atoms with Crippen molar-refractivity contribution in [2.45, 2.75) is 13.8 Å². The minimum absolute atomic E-state index is 0.174. The summed E-state index contributed by atoms with van der Waals surface area (Å²) in [5, 5.41) is 5.85. The highest BCUT2D eigenvalue weighted by molar-refractivity contribution is 6.29. The standard InChI is InChI=1S/C12H11ClN4O.C7H5NO.C5H6ClN3/c1-8-7-10(13)16-11(14-8)17-12(18)15-9-5-3-2-4-6-9;9-6-8-7-4-2-1-3-5-7;1-3-2-4(6)9-5(7)8-3/h2-7H,1H3,(H2,14,15,16,17,18);1-5H;2H,1H3,(H2,7,8,9). The fraction of sp³-hybridized carbons (Fsp3) is 0.0833. The minimum atomic E-state index is -0.414. The number of isocyanates is 1. The number of nitrogen functional groups attached to an aromatic ring is 1. The van der Waals surface area contributed by atoms with Crippen molar-refractivity contribution in [1.82, 2.24) is 19.9 Å². The van der Waals surface area contributed by atoms with Crippen LogP contribution in [0.5, 0.6) is 0 Å². The highest BCUT2D eigenvalue weighted by Crippen LogP contribution is 2.11. The maximum Gasteiger partial charge on any atom is 0.326 e. The van der Waals surface area contributed by atoms with Crippen molar-refractivity contribution < 1.29 is 9.59 Å². The van der Waals surface area contributed by atoms with E-state index in [1.807, 2.05) is 43.3 Å². The number of urea groups is 1. The quantitative estimate of drug-likeness (QED) is 0.175. The first-order valence-electron chi connectivity index (χ1n) is 10.3. The van der Waals surface area contributed by atoms with Crippen LogP contribution in [0.25, 0.3) is 0 Å². The third-order valence-electron chi connectivity index (χ3n) is 3.85. The van der Waals surface area contributed by atoms with E-state index in [1.165, 1.54) is 6.08 Å². The van der Waals surface area contributed by atoms with Crippen LogP contribution in [0, 0.1) is 13.8 Å². The molecule has 0 saturated heterocycles. The summed E-state index contributed by atoms with van der Waals surface area (Å²) in [6, 6.07) is 20.9. The first kappa shape index (κ1) is 27.9. The second-order valence-corrected chi connectivity index (χ2v) is 7.60. The number of benzene rings is 2. The predicted octanol–water partition coefficient (Wildman–Crippen LogP) is 5.76. The average Bonchev–Trinajstić information content (AvgIpc) is 2.80. The largest absolute Gasteiger partial charge is 0.368 e. The molecule has 4 N–H and O–H groups in total. The number of carbonyl (C=O) groups excluding carboxylic acids is 2. The number of rotatable bonds is 3. The topological polar surface area (TPSA) is 148 Å². The number of aliphatic imine (C=N–C) groups is 1. The molecule has 36 heavy (non-hydrogen) atoms. The molecular weight excluding hydrogens is 503 g/mol. The Bertz CT molecular complexity index is 1250. The van der Waals surface area contributed by atoms with Gasteiger partial charge in [-0.15, -0.1) is 0 Å². The van der Waals surface area contributed by atoms with Gasteiger partial charge < -0.3 is 11.1 Å². The lowest BCUT2D eigenvalue weighted by Crippen LogP contribution is -2.21.